The number of pyridine rings is 1. The fraction of sp³-hybridized carbons (Fsp3) is 0.280. The number of rotatable bonds is 6. The minimum atomic E-state index is -0.0833. The van der Waals surface area contributed by atoms with Crippen molar-refractivity contribution >= 4 is 39.8 Å². The molecule has 1 aromatic heterocycles. The summed E-state index contributed by atoms with van der Waals surface area (Å²) < 4.78 is 0. The van der Waals surface area contributed by atoms with Crippen molar-refractivity contribution in [3.8, 4) is 0 Å². The van der Waals surface area contributed by atoms with Crippen LogP contribution < -0.4 is 10.6 Å². The Kier molecular flexibility index (Phi) is 6.34. The van der Waals surface area contributed by atoms with Gasteiger partial charge in [0.2, 0.25) is 0 Å². The van der Waals surface area contributed by atoms with Crippen molar-refractivity contribution in [2.75, 3.05) is 11.9 Å². The van der Waals surface area contributed by atoms with Crippen LogP contribution in [0.1, 0.15) is 48.0 Å². The standard InChI is InChI=1S/C25H26ClN3O/c1-17-11-12-19(15-23(17)26)29-24-21-10-6-5-9-20(21)22(16-28-24)25(30)27-14-13-18-7-3-2-4-8-18/h5-7,9-12,15-16H,2-4,8,13-14H2,1H3,(H,27,30)(H,28,29). The van der Waals surface area contributed by atoms with Gasteiger partial charge < -0.3 is 10.6 Å². The van der Waals surface area contributed by atoms with Gasteiger partial charge in [-0.05, 0) is 62.1 Å². The first-order chi connectivity index (χ1) is 14.6. The molecule has 0 spiro atoms. The van der Waals surface area contributed by atoms with Crippen molar-refractivity contribution in [2.24, 2.45) is 0 Å². The maximum Gasteiger partial charge on any atom is 0.253 e. The summed E-state index contributed by atoms with van der Waals surface area (Å²) in [6, 6.07) is 13.7. The van der Waals surface area contributed by atoms with Crippen LogP contribution >= 0.6 is 11.6 Å². The van der Waals surface area contributed by atoms with Crippen molar-refractivity contribution < 1.29 is 4.79 Å². The summed E-state index contributed by atoms with van der Waals surface area (Å²) in [5.74, 6) is 0.620. The Morgan fingerprint density at radius 1 is 1.13 bits per heavy atom. The van der Waals surface area contributed by atoms with E-state index in [2.05, 4.69) is 21.7 Å². The molecule has 1 amide bonds. The lowest BCUT2D eigenvalue weighted by molar-refractivity contribution is 0.0955. The number of halogens is 1. The van der Waals surface area contributed by atoms with Gasteiger partial charge in [0.15, 0.2) is 0 Å². The number of nitrogens with one attached hydrogen (secondary N) is 2. The molecule has 1 aliphatic rings. The molecule has 0 saturated heterocycles. The highest BCUT2D eigenvalue weighted by Gasteiger charge is 2.14. The second-order valence-corrected chi connectivity index (χ2v) is 8.18. The van der Waals surface area contributed by atoms with Crippen LogP contribution in [0.5, 0.6) is 0 Å². The smallest absolute Gasteiger partial charge is 0.253 e. The van der Waals surface area contributed by atoms with Crippen molar-refractivity contribution in [3.05, 3.63) is 76.5 Å². The maximum absolute atomic E-state index is 12.8. The third-order valence-corrected chi connectivity index (χ3v) is 6.00. The second-order valence-electron chi connectivity index (χ2n) is 7.77. The van der Waals surface area contributed by atoms with Gasteiger partial charge in [0.05, 0.1) is 5.56 Å². The predicted octanol–water partition coefficient (Wildman–Crippen LogP) is 6.56. The Morgan fingerprint density at radius 2 is 1.97 bits per heavy atom. The Labute approximate surface area is 182 Å². The molecule has 30 heavy (non-hydrogen) atoms. The number of allylic oxidation sites excluding steroid dienone is 1. The van der Waals surface area contributed by atoms with E-state index >= 15 is 0 Å². The first kappa shape index (κ1) is 20.4. The van der Waals surface area contributed by atoms with E-state index in [9.17, 15) is 4.79 Å². The Hall–Kier alpha value is -2.85. The molecule has 0 unspecified atom stereocenters. The van der Waals surface area contributed by atoms with Crippen molar-refractivity contribution in [3.63, 3.8) is 0 Å². The highest BCUT2D eigenvalue weighted by atomic mass is 35.5. The van der Waals surface area contributed by atoms with E-state index in [0.29, 0.717) is 22.9 Å². The number of hydrogen-bond acceptors (Lipinski definition) is 3. The van der Waals surface area contributed by atoms with Gasteiger partial charge in [0.25, 0.3) is 5.91 Å². The molecule has 1 heterocycles. The summed E-state index contributed by atoms with van der Waals surface area (Å²) in [6.07, 6.45) is 9.75. The number of aromatic nitrogens is 1. The average molecular weight is 420 g/mol. The summed E-state index contributed by atoms with van der Waals surface area (Å²) in [6.45, 7) is 2.62. The zero-order chi connectivity index (χ0) is 20.9. The molecule has 0 aliphatic heterocycles. The van der Waals surface area contributed by atoms with Crippen LogP contribution in [0.25, 0.3) is 10.8 Å². The van der Waals surface area contributed by atoms with Gasteiger partial charge in [-0.3, -0.25) is 4.79 Å². The van der Waals surface area contributed by atoms with Gasteiger partial charge in [-0.1, -0.05) is 53.6 Å². The summed E-state index contributed by atoms with van der Waals surface area (Å²) >= 11 is 6.25. The number of fused-ring (bicyclic) bond motifs is 1. The number of nitrogens with zero attached hydrogens (tertiary/aromatic N) is 1. The quantitative estimate of drug-likeness (QED) is 0.445. The molecule has 0 atom stereocenters. The molecule has 2 aromatic carbocycles. The lowest BCUT2D eigenvalue weighted by atomic mass is 9.97. The molecule has 4 rings (SSSR count). The molecule has 5 heteroatoms. The third kappa shape index (κ3) is 4.65. The van der Waals surface area contributed by atoms with Gasteiger partial charge in [-0.15, -0.1) is 0 Å². The fourth-order valence-corrected chi connectivity index (χ4v) is 4.02. The molecule has 0 fully saturated rings. The number of hydrogen-bond donors (Lipinski definition) is 2. The van der Waals surface area contributed by atoms with Crippen LogP contribution in [0.4, 0.5) is 11.5 Å². The van der Waals surface area contributed by atoms with E-state index in [1.165, 1.54) is 24.8 Å². The fourth-order valence-electron chi connectivity index (χ4n) is 3.84. The molecule has 3 aromatic rings. The van der Waals surface area contributed by atoms with Crippen LogP contribution in [0, 0.1) is 6.92 Å². The largest absolute Gasteiger partial charge is 0.352 e. The van der Waals surface area contributed by atoms with Crippen molar-refractivity contribution in [1.82, 2.24) is 10.3 Å². The molecule has 154 valence electrons. The van der Waals surface area contributed by atoms with Crippen molar-refractivity contribution in [2.45, 2.75) is 39.0 Å². The second kappa shape index (κ2) is 9.31. The van der Waals surface area contributed by atoms with Gasteiger partial charge in [0, 0.05) is 28.8 Å². The first-order valence-corrected chi connectivity index (χ1v) is 10.9. The number of anilines is 2. The molecule has 1 aliphatic carbocycles. The monoisotopic (exact) mass is 419 g/mol. The normalized spacial score (nSPS) is 13.7. The summed E-state index contributed by atoms with van der Waals surface area (Å²) in [5.41, 5.74) is 3.94. The number of amides is 1. The minimum absolute atomic E-state index is 0.0833. The number of carbonyl (C=O) groups is 1. The highest BCUT2D eigenvalue weighted by Crippen LogP contribution is 2.29. The maximum atomic E-state index is 12.8. The van der Waals surface area contributed by atoms with Crippen LogP contribution in [-0.4, -0.2) is 17.4 Å². The topological polar surface area (TPSA) is 54.0 Å². The van der Waals surface area contributed by atoms with Gasteiger partial charge in [-0.2, -0.15) is 0 Å². The zero-order valence-corrected chi connectivity index (χ0v) is 17.9. The summed E-state index contributed by atoms with van der Waals surface area (Å²) in [5, 5.41) is 8.88. The van der Waals surface area contributed by atoms with Gasteiger partial charge >= 0.3 is 0 Å². The SMILES string of the molecule is Cc1ccc(Nc2ncc(C(=O)NCCC3=CCCCC3)c3ccccc23)cc1Cl. The molecule has 4 nitrogen and oxygen atoms in total. The van der Waals surface area contributed by atoms with E-state index in [1.807, 2.05) is 49.4 Å². The van der Waals surface area contributed by atoms with Crippen LogP contribution in [0.2, 0.25) is 5.02 Å². The van der Waals surface area contributed by atoms with E-state index in [4.69, 9.17) is 11.6 Å². The molecule has 0 bridgehead atoms. The highest BCUT2D eigenvalue weighted by molar-refractivity contribution is 6.31. The Morgan fingerprint density at radius 3 is 2.73 bits per heavy atom. The number of aryl methyl sites for hydroxylation is 1. The zero-order valence-electron chi connectivity index (χ0n) is 17.2. The van der Waals surface area contributed by atoms with Crippen LogP contribution in [0.3, 0.4) is 0 Å². The van der Waals surface area contributed by atoms with Crippen LogP contribution in [-0.2, 0) is 0 Å². The summed E-state index contributed by atoms with van der Waals surface area (Å²) in [7, 11) is 0. The van der Waals surface area contributed by atoms with E-state index in [0.717, 1.165) is 34.9 Å². The van der Waals surface area contributed by atoms with Gasteiger partial charge in [0.1, 0.15) is 5.82 Å². The van der Waals surface area contributed by atoms with E-state index in [-0.39, 0.29) is 5.91 Å². The number of benzene rings is 2. The van der Waals surface area contributed by atoms with E-state index < -0.39 is 0 Å². The van der Waals surface area contributed by atoms with E-state index in [1.54, 1.807) is 6.20 Å². The third-order valence-electron chi connectivity index (χ3n) is 5.59. The number of carbonyl (C=O) groups excluding carboxylic acids is 1. The molecular formula is C25H26ClN3O. The Bertz CT molecular complexity index is 1110. The van der Waals surface area contributed by atoms with Crippen LogP contribution in [0.15, 0.2) is 60.3 Å². The Balaban J connectivity index is 1.53. The lowest BCUT2D eigenvalue weighted by Gasteiger charge is -2.14. The molecule has 2 N–H and O–H groups in total. The van der Waals surface area contributed by atoms with Gasteiger partial charge in [-0.25, -0.2) is 4.98 Å². The first-order valence-electron chi connectivity index (χ1n) is 10.5. The minimum Gasteiger partial charge on any atom is -0.352 e. The average Bonchev–Trinajstić information content (AvgIpc) is 2.77. The van der Waals surface area contributed by atoms with Crippen molar-refractivity contribution in [1.29, 1.82) is 0 Å². The predicted molar refractivity (Wildman–Crippen MR) is 125 cm³/mol. The molecule has 0 saturated carbocycles. The lowest BCUT2D eigenvalue weighted by Crippen LogP contribution is -2.25. The molecular weight excluding hydrogens is 394 g/mol. The molecule has 0 radical (unpaired) electrons. The summed E-state index contributed by atoms with van der Waals surface area (Å²) in [4.78, 5) is 17.4.